The van der Waals surface area contributed by atoms with Gasteiger partial charge in [0, 0.05) is 0 Å². The number of carbonyl (C=O) groups is 1. The van der Waals surface area contributed by atoms with Gasteiger partial charge in [-0.2, -0.15) is 0 Å². The first-order valence-corrected chi connectivity index (χ1v) is 9.19. The third-order valence-electron chi connectivity index (χ3n) is 4.67. The van der Waals surface area contributed by atoms with Crippen molar-refractivity contribution in [2.75, 3.05) is 14.2 Å². The Balaban J connectivity index is 1.65. The minimum Gasteiger partial charge on any atom is -0.493 e. The molecule has 0 aromatic heterocycles. The molecule has 0 aliphatic rings. The zero-order valence-corrected chi connectivity index (χ0v) is 16.6. The SMILES string of the molecule is COc1ccc([C@@H](C)NC(=O)[C@H](C)Oc2ccc3ccccc3c2)cc1OC. The van der Waals surface area contributed by atoms with Gasteiger partial charge in [-0.1, -0.05) is 36.4 Å². The number of hydrogen-bond acceptors (Lipinski definition) is 4. The zero-order valence-electron chi connectivity index (χ0n) is 16.6. The van der Waals surface area contributed by atoms with E-state index in [0.29, 0.717) is 17.2 Å². The minimum atomic E-state index is -0.622. The quantitative estimate of drug-likeness (QED) is 0.657. The highest BCUT2D eigenvalue weighted by molar-refractivity contribution is 5.84. The molecule has 2 atom stereocenters. The van der Waals surface area contributed by atoms with E-state index in [2.05, 4.69) is 5.32 Å². The Kier molecular flexibility index (Phi) is 6.04. The van der Waals surface area contributed by atoms with Crippen molar-refractivity contribution in [2.45, 2.75) is 26.0 Å². The lowest BCUT2D eigenvalue weighted by Gasteiger charge is -2.20. The van der Waals surface area contributed by atoms with E-state index >= 15 is 0 Å². The topological polar surface area (TPSA) is 56.8 Å². The third kappa shape index (κ3) is 4.36. The summed E-state index contributed by atoms with van der Waals surface area (Å²) in [5.41, 5.74) is 0.920. The van der Waals surface area contributed by atoms with Gasteiger partial charge in [0.2, 0.25) is 0 Å². The maximum atomic E-state index is 12.6. The summed E-state index contributed by atoms with van der Waals surface area (Å²) in [6.07, 6.45) is -0.622. The smallest absolute Gasteiger partial charge is 0.261 e. The molecule has 0 aliphatic heterocycles. The number of amides is 1. The summed E-state index contributed by atoms with van der Waals surface area (Å²) in [6.45, 7) is 3.66. The molecule has 0 saturated carbocycles. The van der Waals surface area contributed by atoms with Crippen LogP contribution in [0.15, 0.2) is 60.7 Å². The molecule has 0 bridgehead atoms. The first-order valence-electron chi connectivity index (χ1n) is 9.19. The van der Waals surface area contributed by atoms with Crippen LogP contribution in [0, 0.1) is 0 Å². The van der Waals surface area contributed by atoms with Crippen molar-refractivity contribution in [3.63, 3.8) is 0 Å². The van der Waals surface area contributed by atoms with Gasteiger partial charge in [0.15, 0.2) is 17.6 Å². The number of hydrogen-bond donors (Lipinski definition) is 1. The predicted octanol–water partition coefficient (Wildman–Crippen LogP) is 4.50. The first-order chi connectivity index (χ1) is 13.5. The lowest BCUT2D eigenvalue weighted by Crippen LogP contribution is -2.37. The van der Waals surface area contributed by atoms with Gasteiger partial charge in [0.1, 0.15) is 5.75 Å². The van der Waals surface area contributed by atoms with E-state index in [9.17, 15) is 4.79 Å². The van der Waals surface area contributed by atoms with Gasteiger partial charge in [0.25, 0.3) is 5.91 Å². The van der Waals surface area contributed by atoms with Gasteiger partial charge in [-0.3, -0.25) is 4.79 Å². The summed E-state index contributed by atoms with van der Waals surface area (Å²) in [5, 5.41) is 5.19. The Morgan fingerprint density at radius 3 is 2.29 bits per heavy atom. The number of methoxy groups -OCH3 is 2. The van der Waals surface area contributed by atoms with E-state index < -0.39 is 6.10 Å². The van der Waals surface area contributed by atoms with Crippen LogP contribution >= 0.6 is 0 Å². The van der Waals surface area contributed by atoms with Crippen LogP contribution in [0.1, 0.15) is 25.5 Å². The molecule has 3 aromatic rings. The van der Waals surface area contributed by atoms with Crippen LogP contribution < -0.4 is 19.5 Å². The van der Waals surface area contributed by atoms with Gasteiger partial charge < -0.3 is 19.5 Å². The van der Waals surface area contributed by atoms with Crippen molar-refractivity contribution >= 4 is 16.7 Å². The maximum absolute atomic E-state index is 12.6. The van der Waals surface area contributed by atoms with Gasteiger partial charge in [-0.15, -0.1) is 0 Å². The van der Waals surface area contributed by atoms with Crippen LogP contribution in [0.4, 0.5) is 0 Å². The maximum Gasteiger partial charge on any atom is 0.261 e. The summed E-state index contributed by atoms with van der Waals surface area (Å²) in [5.74, 6) is 1.76. The highest BCUT2D eigenvalue weighted by atomic mass is 16.5. The Labute approximate surface area is 165 Å². The summed E-state index contributed by atoms with van der Waals surface area (Å²) < 4.78 is 16.4. The van der Waals surface area contributed by atoms with Gasteiger partial charge >= 0.3 is 0 Å². The van der Waals surface area contributed by atoms with E-state index in [1.165, 1.54) is 0 Å². The molecular formula is C23H25NO4. The summed E-state index contributed by atoms with van der Waals surface area (Å²) >= 11 is 0. The van der Waals surface area contributed by atoms with Gasteiger partial charge in [-0.25, -0.2) is 0 Å². The van der Waals surface area contributed by atoms with E-state index in [1.54, 1.807) is 21.1 Å². The number of ether oxygens (including phenoxy) is 3. The van der Waals surface area contributed by atoms with Crippen molar-refractivity contribution in [3.05, 3.63) is 66.2 Å². The monoisotopic (exact) mass is 379 g/mol. The number of nitrogens with one attached hydrogen (secondary N) is 1. The second-order valence-electron chi connectivity index (χ2n) is 6.61. The fourth-order valence-corrected chi connectivity index (χ4v) is 3.03. The van der Waals surface area contributed by atoms with Gasteiger partial charge in [0.05, 0.1) is 20.3 Å². The molecule has 0 fully saturated rings. The van der Waals surface area contributed by atoms with Crippen molar-refractivity contribution in [3.8, 4) is 17.2 Å². The van der Waals surface area contributed by atoms with E-state index in [-0.39, 0.29) is 11.9 Å². The zero-order chi connectivity index (χ0) is 20.1. The summed E-state index contributed by atoms with van der Waals surface area (Å²) in [7, 11) is 3.18. The van der Waals surface area contributed by atoms with E-state index in [1.807, 2.05) is 67.6 Å². The first kappa shape index (κ1) is 19.5. The minimum absolute atomic E-state index is 0.185. The van der Waals surface area contributed by atoms with Crippen LogP contribution in [-0.4, -0.2) is 26.2 Å². The fourth-order valence-electron chi connectivity index (χ4n) is 3.03. The largest absolute Gasteiger partial charge is 0.493 e. The van der Waals surface area contributed by atoms with Crippen molar-refractivity contribution in [2.24, 2.45) is 0 Å². The predicted molar refractivity (Wildman–Crippen MR) is 110 cm³/mol. The molecule has 5 nitrogen and oxygen atoms in total. The van der Waals surface area contributed by atoms with Crippen LogP contribution in [0.2, 0.25) is 0 Å². The Hall–Kier alpha value is -3.21. The molecule has 0 unspecified atom stereocenters. The number of rotatable bonds is 7. The third-order valence-corrected chi connectivity index (χ3v) is 4.67. The average Bonchev–Trinajstić information content (AvgIpc) is 2.72. The molecule has 1 amide bonds. The van der Waals surface area contributed by atoms with Crippen LogP contribution in [0.5, 0.6) is 17.2 Å². The molecule has 146 valence electrons. The van der Waals surface area contributed by atoms with Crippen molar-refractivity contribution in [1.29, 1.82) is 0 Å². The second kappa shape index (κ2) is 8.65. The Morgan fingerprint density at radius 1 is 0.857 bits per heavy atom. The lowest BCUT2D eigenvalue weighted by molar-refractivity contribution is -0.127. The normalized spacial score (nSPS) is 12.9. The number of carbonyl (C=O) groups excluding carboxylic acids is 1. The van der Waals surface area contributed by atoms with Crippen molar-refractivity contribution < 1.29 is 19.0 Å². The molecule has 0 aliphatic carbocycles. The standard InChI is InChI=1S/C23H25NO4/c1-15(18-10-12-21(26-3)22(14-18)27-4)24-23(25)16(2)28-20-11-9-17-7-5-6-8-19(17)13-20/h5-16H,1-4H3,(H,24,25)/t15-,16+/m1/s1. The van der Waals surface area contributed by atoms with Crippen molar-refractivity contribution in [1.82, 2.24) is 5.32 Å². The average molecular weight is 379 g/mol. The molecule has 3 aromatic carbocycles. The molecule has 5 heteroatoms. The number of benzene rings is 3. The highest BCUT2D eigenvalue weighted by Crippen LogP contribution is 2.30. The lowest BCUT2D eigenvalue weighted by atomic mass is 10.1. The molecule has 1 N–H and O–H groups in total. The Bertz CT molecular complexity index is 970. The molecule has 0 spiro atoms. The Morgan fingerprint density at radius 2 is 1.57 bits per heavy atom. The molecule has 28 heavy (non-hydrogen) atoms. The second-order valence-corrected chi connectivity index (χ2v) is 6.61. The summed E-state index contributed by atoms with van der Waals surface area (Å²) in [4.78, 5) is 12.6. The van der Waals surface area contributed by atoms with E-state index in [4.69, 9.17) is 14.2 Å². The fraction of sp³-hybridized carbons (Fsp3) is 0.261. The summed E-state index contributed by atoms with van der Waals surface area (Å²) in [6, 6.07) is 19.2. The number of fused-ring (bicyclic) bond motifs is 1. The highest BCUT2D eigenvalue weighted by Gasteiger charge is 2.19. The van der Waals surface area contributed by atoms with Gasteiger partial charge in [-0.05, 0) is 54.4 Å². The van der Waals surface area contributed by atoms with E-state index in [0.717, 1.165) is 16.3 Å². The molecule has 0 saturated heterocycles. The van der Waals surface area contributed by atoms with Crippen LogP contribution in [-0.2, 0) is 4.79 Å². The van der Waals surface area contributed by atoms with Crippen LogP contribution in [0.25, 0.3) is 10.8 Å². The molecular weight excluding hydrogens is 354 g/mol. The molecule has 3 rings (SSSR count). The van der Waals surface area contributed by atoms with Crippen LogP contribution in [0.3, 0.4) is 0 Å². The molecule has 0 heterocycles. The molecule has 0 radical (unpaired) electrons.